The van der Waals surface area contributed by atoms with Crippen LogP contribution in [0.3, 0.4) is 0 Å². The zero-order valence-corrected chi connectivity index (χ0v) is 11.6. The zero-order chi connectivity index (χ0) is 14.4. The van der Waals surface area contributed by atoms with Gasteiger partial charge in [-0.05, 0) is 24.3 Å². The molecule has 0 heterocycles. The fourth-order valence-corrected chi connectivity index (χ4v) is 2.26. The van der Waals surface area contributed by atoms with Crippen molar-refractivity contribution in [1.29, 1.82) is 0 Å². The van der Waals surface area contributed by atoms with Gasteiger partial charge in [0.1, 0.15) is 11.6 Å². The summed E-state index contributed by atoms with van der Waals surface area (Å²) in [4.78, 5) is 0. The smallest absolute Gasteiger partial charge is 0.129 e. The molecule has 0 aliphatic rings. The van der Waals surface area contributed by atoms with Crippen molar-refractivity contribution in [3.63, 3.8) is 0 Å². The molecule has 2 rings (SSSR count). The van der Waals surface area contributed by atoms with Crippen LogP contribution >= 0.6 is 11.6 Å². The van der Waals surface area contributed by atoms with Gasteiger partial charge in [0.2, 0.25) is 0 Å². The summed E-state index contributed by atoms with van der Waals surface area (Å²) in [5.74, 6) is 5.88. The maximum Gasteiger partial charge on any atom is 0.129 e. The number of nitrogens with one attached hydrogen (secondary N) is 1. The largest absolute Gasteiger partial charge is 0.494 e. The van der Waals surface area contributed by atoms with Crippen LogP contribution in [0.4, 0.5) is 4.39 Å². The number of rotatable bonds is 6. The number of halogens is 2. The topological polar surface area (TPSA) is 47.3 Å². The predicted octanol–water partition coefficient (Wildman–Crippen LogP) is 3.45. The van der Waals surface area contributed by atoms with E-state index in [9.17, 15) is 4.39 Å². The molecule has 0 amide bonds. The van der Waals surface area contributed by atoms with Gasteiger partial charge in [-0.3, -0.25) is 11.3 Å². The lowest BCUT2D eigenvalue weighted by atomic mass is 10.0. The molecule has 3 N–H and O–H groups in total. The molecule has 0 radical (unpaired) electrons. The highest BCUT2D eigenvalue weighted by Gasteiger charge is 2.17. The molecular weight excluding hydrogens is 279 g/mol. The molecule has 0 aromatic heterocycles. The van der Waals surface area contributed by atoms with E-state index in [1.807, 2.05) is 30.3 Å². The summed E-state index contributed by atoms with van der Waals surface area (Å²) in [7, 11) is 0. The Morgan fingerprint density at radius 2 is 1.90 bits per heavy atom. The molecule has 0 spiro atoms. The van der Waals surface area contributed by atoms with Crippen LogP contribution in [0.2, 0.25) is 5.02 Å². The Labute approximate surface area is 122 Å². The highest BCUT2D eigenvalue weighted by molar-refractivity contribution is 6.31. The number of nitrogens with two attached hydrogens (primary N) is 1. The Morgan fingerprint density at radius 3 is 2.55 bits per heavy atom. The summed E-state index contributed by atoms with van der Waals surface area (Å²) in [6.07, 6.45) is 0.506. The van der Waals surface area contributed by atoms with Crippen molar-refractivity contribution >= 4 is 11.6 Å². The van der Waals surface area contributed by atoms with Gasteiger partial charge in [-0.15, -0.1) is 0 Å². The van der Waals surface area contributed by atoms with E-state index in [-0.39, 0.29) is 5.82 Å². The lowest BCUT2D eigenvalue weighted by molar-refractivity contribution is 0.285. The van der Waals surface area contributed by atoms with E-state index in [0.717, 1.165) is 5.75 Å². The summed E-state index contributed by atoms with van der Waals surface area (Å²) in [5.41, 5.74) is 2.95. The standard InChI is InChI=1S/C15H16ClFN2O/c16-12-7-4-8-13(17)15(12)14(19-18)9-10-20-11-5-2-1-3-6-11/h1-8,14,19H,9-10,18H2. The van der Waals surface area contributed by atoms with Gasteiger partial charge < -0.3 is 4.74 Å². The summed E-state index contributed by atoms with van der Waals surface area (Å²) in [5, 5.41) is 0.354. The van der Waals surface area contributed by atoms with Gasteiger partial charge in [-0.2, -0.15) is 0 Å². The zero-order valence-electron chi connectivity index (χ0n) is 10.9. The van der Waals surface area contributed by atoms with Crippen LogP contribution in [0.1, 0.15) is 18.0 Å². The van der Waals surface area contributed by atoms with E-state index < -0.39 is 6.04 Å². The summed E-state index contributed by atoms with van der Waals surface area (Å²) in [6, 6.07) is 13.6. The van der Waals surface area contributed by atoms with Gasteiger partial charge in [0, 0.05) is 17.0 Å². The van der Waals surface area contributed by atoms with Gasteiger partial charge in [0.15, 0.2) is 0 Å². The molecule has 20 heavy (non-hydrogen) atoms. The molecule has 0 saturated carbocycles. The molecule has 2 aromatic carbocycles. The van der Waals surface area contributed by atoms with Gasteiger partial charge in [0.05, 0.1) is 12.6 Å². The van der Waals surface area contributed by atoms with Crippen molar-refractivity contribution in [3.8, 4) is 5.75 Å². The highest BCUT2D eigenvalue weighted by Crippen LogP contribution is 2.27. The van der Waals surface area contributed by atoms with Gasteiger partial charge in [0.25, 0.3) is 0 Å². The molecule has 1 atom stereocenters. The van der Waals surface area contributed by atoms with Crippen LogP contribution < -0.4 is 16.0 Å². The van der Waals surface area contributed by atoms with Crippen molar-refractivity contribution in [2.75, 3.05) is 6.61 Å². The minimum Gasteiger partial charge on any atom is -0.494 e. The predicted molar refractivity (Wildman–Crippen MR) is 78.0 cm³/mol. The Hall–Kier alpha value is -1.62. The normalized spacial score (nSPS) is 12.2. The quantitative estimate of drug-likeness (QED) is 0.634. The Kier molecular flexibility index (Phi) is 5.35. The third kappa shape index (κ3) is 3.70. The Morgan fingerprint density at radius 1 is 1.15 bits per heavy atom. The first-order valence-electron chi connectivity index (χ1n) is 6.30. The highest BCUT2D eigenvalue weighted by atomic mass is 35.5. The fraction of sp³-hybridized carbons (Fsp3) is 0.200. The second-order valence-corrected chi connectivity index (χ2v) is 4.71. The van der Waals surface area contributed by atoms with Crippen molar-refractivity contribution in [2.45, 2.75) is 12.5 Å². The van der Waals surface area contributed by atoms with Crippen LogP contribution in [0.5, 0.6) is 5.75 Å². The first-order chi connectivity index (χ1) is 9.72. The molecule has 1 unspecified atom stereocenters. The lowest BCUT2D eigenvalue weighted by Gasteiger charge is -2.18. The molecule has 2 aromatic rings. The molecule has 5 heteroatoms. The fourth-order valence-electron chi connectivity index (χ4n) is 1.97. The van der Waals surface area contributed by atoms with Crippen molar-refractivity contribution in [1.82, 2.24) is 5.43 Å². The van der Waals surface area contributed by atoms with E-state index in [4.69, 9.17) is 22.2 Å². The number of para-hydroxylation sites is 1. The van der Waals surface area contributed by atoms with Crippen molar-refractivity contribution in [2.24, 2.45) is 5.84 Å². The van der Waals surface area contributed by atoms with Gasteiger partial charge in [-0.1, -0.05) is 35.9 Å². The Balaban J connectivity index is 1.99. The molecule has 0 fully saturated rings. The monoisotopic (exact) mass is 294 g/mol. The first-order valence-corrected chi connectivity index (χ1v) is 6.68. The number of hydrogen-bond acceptors (Lipinski definition) is 3. The maximum absolute atomic E-state index is 13.8. The minimum atomic E-state index is -0.396. The summed E-state index contributed by atoms with van der Waals surface area (Å²) < 4.78 is 19.4. The van der Waals surface area contributed by atoms with E-state index in [1.54, 1.807) is 12.1 Å². The summed E-state index contributed by atoms with van der Waals surface area (Å²) >= 11 is 6.02. The first kappa shape index (κ1) is 14.8. The number of hydrazine groups is 1. The van der Waals surface area contributed by atoms with Crippen molar-refractivity contribution < 1.29 is 9.13 Å². The third-order valence-electron chi connectivity index (χ3n) is 2.97. The number of benzene rings is 2. The molecule has 106 valence electrons. The summed E-state index contributed by atoms with van der Waals surface area (Å²) in [6.45, 7) is 0.406. The third-order valence-corrected chi connectivity index (χ3v) is 3.30. The molecule has 3 nitrogen and oxygen atoms in total. The van der Waals surface area contributed by atoms with Gasteiger partial charge >= 0.3 is 0 Å². The van der Waals surface area contributed by atoms with Crippen LogP contribution in [0, 0.1) is 5.82 Å². The second kappa shape index (κ2) is 7.24. The molecule has 0 aliphatic carbocycles. The van der Waals surface area contributed by atoms with Crippen molar-refractivity contribution in [3.05, 3.63) is 64.9 Å². The van der Waals surface area contributed by atoms with E-state index >= 15 is 0 Å². The Bertz CT molecular complexity index is 531. The SMILES string of the molecule is NNC(CCOc1ccccc1)c1c(F)cccc1Cl. The molecule has 0 aliphatic heterocycles. The van der Waals surface area contributed by atoms with E-state index in [2.05, 4.69) is 5.43 Å². The maximum atomic E-state index is 13.8. The van der Waals surface area contributed by atoms with Crippen LogP contribution in [0.15, 0.2) is 48.5 Å². The average Bonchev–Trinajstić information content (AvgIpc) is 2.46. The lowest BCUT2D eigenvalue weighted by Crippen LogP contribution is -2.30. The number of hydrogen-bond donors (Lipinski definition) is 2. The molecule has 0 bridgehead atoms. The molecular formula is C15H16ClFN2O. The number of ether oxygens (including phenoxy) is 1. The van der Waals surface area contributed by atoms with E-state index in [0.29, 0.717) is 23.6 Å². The average molecular weight is 295 g/mol. The molecule has 0 saturated heterocycles. The minimum absolute atomic E-state index is 0.354. The van der Waals surface area contributed by atoms with E-state index in [1.165, 1.54) is 6.07 Å². The van der Waals surface area contributed by atoms with Crippen LogP contribution in [0.25, 0.3) is 0 Å². The van der Waals surface area contributed by atoms with Gasteiger partial charge in [-0.25, -0.2) is 4.39 Å². The van der Waals surface area contributed by atoms with Crippen LogP contribution in [-0.4, -0.2) is 6.61 Å². The van der Waals surface area contributed by atoms with Crippen LogP contribution in [-0.2, 0) is 0 Å². The second-order valence-electron chi connectivity index (χ2n) is 4.30.